The third-order valence-corrected chi connectivity index (χ3v) is 6.10. The lowest BCUT2D eigenvalue weighted by Crippen LogP contribution is -2.48. The molecule has 1 spiro atoms. The second-order valence-corrected chi connectivity index (χ2v) is 7.37. The third kappa shape index (κ3) is 2.70. The van der Waals surface area contributed by atoms with E-state index in [-0.39, 0.29) is 5.54 Å². The summed E-state index contributed by atoms with van der Waals surface area (Å²) in [5.74, 6) is 0. The van der Waals surface area contributed by atoms with Gasteiger partial charge in [0.05, 0.1) is 6.07 Å². The summed E-state index contributed by atoms with van der Waals surface area (Å²) in [5, 5.41) is 15.2. The average Bonchev–Trinajstić information content (AvgIpc) is 3.11. The molecule has 1 aromatic rings. The molecule has 0 bridgehead atoms. The summed E-state index contributed by atoms with van der Waals surface area (Å²) in [5.41, 5.74) is 0.336. The Bertz CT molecular complexity index is 442. The van der Waals surface area contributed by atoms with Crippen molar-refractivity contribution >= 4 is 11.3 Å². The Morgan fingerprint density at radius 2 is 1.89 bits per heavy atom. The molecule has 0 radical (unpaired) electrons. The molecule has 0 unspecified atom stereocenters. The Labute approximate surface area is 119 Å². The zero-order valence-electron chi connectivity index (χ0n) is 11.5. The molecule has 2 saturated carbocycles. The minimum atomic E-state index is -0.266. The Morgan fingerprint density at radius 3 is 2.47 bits per heavy atom. The summed E-state index contributed by atoms with van der Waals surface area (Å²) < 4.78 is 0. The van der Waals surface area contributed by atoms with Crippen molar-refractivity contribution in [2.75, 3.05) is 0 Å². The standard InChI is InChI=1S/C16H22N2S/c17-13-16(18-12-14-4-3-11-19-14)9-7-15(8-10-16)5-1-2-6-15/h3-4,11,18H,1-2,5-10,12H2. The molecule has 1 aromatic heterocycles. The van der Waals surface area contributed by atoms with Gasteiger partial charge in [0.25, 0.3) is 0 Å². The lowest BCUT2D eigenvalue weighted by atomic mass is 9.67. The summed E-state index contributed by atoms with van der Waals surface area (Å²) in [6, 6.07) is 6.80. The largest absolute Gasteiger partial charge is 0.294 e. The van der Waals surface area contributed by atoms with Gasteiger partial charge < -0.3 is 0 Å². The number of thiophene rings is 1. The molecule has 19 heavy (non-hydrogen) atoms. The molecular formula is C16H22N2S. The summed E-state index contributed by atoms with van der Waals surface area (Å²) in [7, 11) is 0. The maximum absolute atomic E-state index is 9.59. The first-order valence-corrected chi connectivity index (χ1v) is 8.33. The summed E-state index contributed by atoms with van der Waals surface area (Å²) in [6.07, 6.45) is 10.2. The van der Waals surface area contributed by atoms with E-state index in [2.05, 4.69) is 28.9 Å². The average molecular weight is 274 g/mol. The van der Waals surface area contributed by atoms with E-state index >= 15 is 0 Å². The fourth-order valence-electron chi connectivity index (χ4n) is 3.83. The lowest BCUT2D eigenvalue weighted by molar-refractivity contribution is 0.139. The van der Waals surface area contributed by atoms with Gasteiger partial charge in [0.1, 0.15) is 5.54 Å². The molecule has 0 atom stereocenters. The molecule has 2 aliphatic rings. The quantitative estimate of drug-likeness (QED) is 0.895. The molecular weight excluding hydrogens is 252 g/mol. The molecule has 2 fully saturated rings. The second kappa shape index (κ2) is 5.26. The van der Waals surface area contributed by atoms with Crippen LogP contribution in [0.3, 0.4) is 0 Å². The van der Waals surface area contributed by atoms with Gasteiger partial charge in [-0.1, -0.05) is 18.9 Å². The van der Waals surface area contributed by atoms with Gasteiger partial charge in [-0.05, 0) is 55.4 Å². The van der Waals surface area contributed by atoms with E-state index in [9.17, 15) is 5.26 Å². The minimum absolute atomic E-state index is 0.266. The van der Waals surface area contributed by atoms with E-state index in [0.717, 1.165) is 19.4 Å². The van der Waals surface area contributed by atoms with Gasteiger partial charge >= 0.3 is 0 Å². The van der Waals surface area contributed by atoms with Crippen LogP contribution in [0.25, 0.3) is 0 Å². The van der Waals surface area contributed by atoms with Crippen LogP contribution < -0.4 is 5.32 Å². The van der Waals surface area contributed by atoms with Crippen LogP contribution in [0.5, 0.6) is 0 Å². The monoisotopic (exact) mass is 274 g/mol. The van der Waals surface area contributed by atoms with Crippen molar-refractivity contribution in [3.63, 3.8) is 0 Å². The molecule has 2 aliphatic carbocycles. The highest BCUT2D eigenvalue weighted by atomic mass is 32.1. The lowest BCUT2D eigenvalue weighted by Gasteiger charge is -2.42. The highest BCUT2D eigenvalue weighted by Crippen LogP contribution is 2.51. The van der Waals surface area contributed by atoms with Crippen LogP contribution in [-0.4, -0.2) is 5.54 Å². The van der Waals surface area contributed by atoms with Gasteiger partial charge in [-0.2, -0.15) is 5.26 Å². The molecule has 0 aliphatic heterocycles. The second-order valence-electron chi connectivity index (χ2n) is 6.33. The van der Waals surface area contributed by atoms with Crippen molar-refractivity contribution in [2.24, 2.45) is 5.41 Å². The van der Waals surface area contributed by atoms with E-state index in [1.54, 1.807) is 11.3 Å². The molecule has 102 valence electrons. The number of nitrogens with one attached hydrogen (secondary N) is 1. The molecule has 0 aromatic carbocycles. The van der Waals surface area contributed by atoms with Crippen LogP contribution in [0, 0.1) is 16.7 Å². The number of hydrogen-bond donors (Lipinski definition) is 1. The van der Waals surface area contributed by atoms with Crippen LogP contribution in [0.15, 0.2) is 17.5 Å². The SMILES string of the molecule is N#CC1(NCc2cccs2)CCC2(CCCC2)CC1. The fraction of sp³-hybridized carbons (Fsp3) is 0.688. The summed E-state index contributed by atoms with van der Waals surface area (Å²) >= 11 is 1.77. The Balaban J connectivity index is 1.60. The van der Waals surface area contributed by atoms with E-state index in [0.29, 0.717) is 5.41 Å². The van der Waals surface area contributed by atoms with Crippen LogP contribution in [0.1, 0.15) is 56.2 Å². The van der Waals surface area contributed by atoms with Crippen molar-refractivity contribution in [3.05, 3.63) is 22.4 Å². The maximum atomic E-state index is 9.59. The van der Waals surface area contributed by atoms with E-state index < -0.39 is 0 Å². The van der Waals surface area contributed by atoms with Crippen molar-refractivity contribution in [1.29, 1.82) is 5.26 Å². The van der Waals surface area contributed by atoms with Crippen molar-refractivity contribution < 1.29 is 0 Å². The summed E-state index contributed by atoms with van der Waals surface area (Å²) in [6.45, 7) is 0.845. The molecule has 0 saturated heterocycles. The molecule has 1 heterocycles. The van der Waals surface area contributed by atoms with Gasteiger partial charge in [-0.3, -0.25) is 5.32 Å². The van der Waals surface area contributed by atoms with Gasteiger partial charge in [-0.15, -0.1) is 11.3 Å². The maximum Gasteiger partial charge on any atom is 0.107 e. The Morgan fingerprint density at radius 1 is 1.16 bits per heavy atom. The van der Waals surface area contributed by atoms with Crippen LogP contribution in [-0.2, 0) is 6.54 Å². The molecule has 3 rings (SSSR count). The number of hydrogen-bond acceptors (Lipinski definition) is 3. The summed E-state index contributed by atoms with van der Waals surface area (Å²) in [4.78, 5) is 1.33. The predicted octanol–water partition coefficient (Wildman–Crippen LogP) is 4.23. The van der Waals surface area contributed by atoms with Gasteiger partial charge in [-0.25, -0.2) is 0 Å². The molecule has 1 N–H and O–H groups in total. The predicted molar refractivity (Wildman–Crippen MR) is 78.9 cm³/mol. The smallest absolute Gasteiger partial charge is 0.107 e. The van der Waals surface area contributed by atoms with Crippen LogP contribution in [0.4, 0.5) is 0 Å². The first-order chi connectivity index (χ1) is 9.26. The first-order valence-electron chi connectivity index (χ1n) is 7.45. The highest BCUT2D eigenvalue weighted by Gasteiger charge is 2.43. The zero-order chi connectivity index (χ0) is 13.2. The number of rotatable bonds is 3. The van der Waals surface area contributed by atoms with E-state index in [4.69, 9.17) is 0 Å². The third-order valence-electron chi connectivity index (χ3n) is 5.22. The normalized spacial score (nSPS) is 24.4. The van der Waals surface area contributed by atoms with E-state index in [1.807, 2.05) is 0 Å². The van der Waals surface area contributed by atoms with Gasteiger partial charge in [0, 0.05) is 11.4 Å². The molecule has 2 nitrogen and oxygen atoms in total. The number of nitrogens with zero attached hydrogens (tertiary/aromatic N) is 1. The zero-order valence-corrected chi connectivity index (χ0v) is 12.3. The first kappa shape index (κ1) is 13.1. The van der Waals surface area contributed by atoms with Crippen molar-refractivity contribution in [1.82, 2.24) is 5.32 Å². The van der Waals surface area contributed by atoms with Crippen LogP contribution in [0.2, 0.25) is 0 Å². The topological polar surface area (TPSA) is 35.8 Å². The fourth-order valence-corrected chi connectivity index (χ4v) is 4.47. The van der Waals surface area contributed by atoms with Crippen molar-refractivity contribution in [2.45, 2.75) is 63.5 Å². The highest BCUT2D eigenvalue weighted by molar-refractivity contribution is 7.09. The molecule has 0 amide bonds. The molecule has 3 heteroatoms. The van der Waals surface area contributed by atoms with Crippen molar-refractivity contribution in [3.8, 4) is 6.07 Å². The van der Waals surface area contributed by atoms with Gasteiger partial charge in [0.15, 0.2) is 0 Å². The Kier molecular flexibility index (Phi) is 3.64. The Hall–Kier alpha value is -0.850. The minimum Gasteiger partial charge on any atom is -0.294 e. The van der Waals surface area contributed by atoms with E-state index in [1.165, 1.54) is 43.4 Å². The van der Waals surface area contributed by atoms with Crippen LogP contribution >= 0.6 is 11.3 Å². The van der Waals surface area contributed by atoms with Gasteiger partial charge in [0.2, 0.25) is 0 Å². The number of nitriles is 1.